The lowest BCUT2D eigenvalue weighted by molar-refractivity contribution is 0.0784. The molecule has 0 spiro atoms. The normalized spacial score (nSPS) is 10.6. The molecule has 1 aromatic heterocycles. The van der Waals surface area contributed by atoms with Gasteiger partial charge in [0.25, 0.3) is 5.91 Å². The Kier molecular flexibility index (Phi) is 5.72. The minimum Gasteiger partial charge on any atom is -0.493 e. The smallest absolute Gasteiger partial charge is 0.254 e. The number of aromatic nitrogens is 1. The zero-order chi connectivity index (χ0) is 17.9. The van der Waals surface area contributed by atoms with E-state index >= 15 is 0 Å². The number of benzene rings is 1. The van der Waals surface area contributed by atoms with E-state index in [1.807, 2.05) is 20.8 Å². The maximum atomic E-state index is 12.7. The van der Waals surface area contributed by atoms with Gasteiger partial charge in [-0.05, 0) is 32.9 Å². The zero-order valence-corrected chi connectivity index (χ0v) is 15.2. The highest BCUT2D eigenvalue weighted by atomic mass is 35.5. The molecule has 0 aliphatic heterocycles. The predicted molar refractivity (Wildman–Crippen MR) is 90.9 cm³/mol. The van der Waals surface area contributed by atoms with Crippen LogP contribution >= 0.6 is 11.6 Å². The standard InChI is InChI=1S/C17H21ClN2O4/c1-6-23-16-14(18)7-12(8-15(16)22-5)17(21)20(4)9-13-10(2)19-24-11(13)3/h7-8H,6,9H2,1-5H3. The lowest BCUT2D eigenvalue weighted by Gasteiger charge is -2.19. The summed E-state index contributed by atoms with van der Waals surface area (Å²) >= 11 is 6.23. The topological polar surface area (TPSA) is 64.8 Å². The van der Waals surface area contributed by atoms with Crippen molar-refractivity contribution in [3.8, 4) is 11.5 Å². The first kappa shape index (κ1) is 18.1. The number of ether oxygens (including phenoxy) is 2. The van der Waals surface area contributed by atoms with E-state index < -0.39 is 0 Å². The maximum absolute atomic E-state index is 12.7. The maximum Gasteiger partial charge on any atom is 0.254 e. The molecule has 1 amide bonds. The first-order valence-electron chi connectivity index (χ1n) is 7.56. The molecule has 1 aromatic carbocycles. The van der Waals surface area contributed by atoms with Gasteiger partial charge in [-0.15, -0.1) is 0 Å². The monoisotopic (exact) mass is 352 g/mol. The Morgan fingerprint density at radius 1 is 1.38 bits per heavy atom. The SMILES string of the molecule is CCOc1c(Cl)cc(C(=O)N(C)Cc2c(C)noc2C)cc1OC. The molecule has 130 valence electrons. The number of hydrogen-bond acceptors (Lipinski definition) is 5. The van der Waals surface area contributed by atoms with Crippen LogP contribution in [-0.4, -0.2) is 36.7 Å². The third-order valence-corrected chi connectivity index (χ3v) is 3.97. The predicted octanol–water partition coefficient (Wildman–Crippen LogP) is 3.62. The lowest BCUT2D eigenvalue weighted by Crippen LogP contribution is -2.26. The van der Waals surface area contributed by atoms with E-state index in [-0.39, 0.29) is 5.91 Å². The second-order valence-electron chi connectivity index (χ2n) is 5.39. The lowest BCUT2D eigenvalue weighted by atomic mass is 10.1. The van der Waals surface area contributed by atoms with Crippen LogP contribution in [0.25, 0.3) is 0 Å². The fraction of sp³-hybridized carbons (Fsp3) is 0.412. The van der Waals surface area contributed by atoms with Crippen molar-refractivity contribution in [2.45, 2.75) is 27.3 Å². The van der Waals surface area contributed by atoms with Crippen molar-refractivity contribution < 1.29 is 18.8 Å². The van der Waals surface area contributed by atoms with Gasteiger partial charge in [0, 0.05) is 18.2 Å². The van der Waals surface area contributed by atoms with Crippen LogP contribution in [0.3, 0.4) is 0 Å². The van der Waals surface area contributed by atoms with Crippen LogP contribution in [-0.2, 0) is 6.54 Å². The van der Waals surface area contributed by atoms with E-state index in [1.165, 1.54) is 7.11 Å². The second-order valence-corrected chi connectivity index (χ2v) is 5.79. The Bertz CT molecular complexity index is 723. The number of carbonyl (C=O) groups is 1. The summed E-state index contributed by atoms with van der Waals surface area (Å²) in [4.78, 5) is 14.3. The second kappa shape index (κ2) is 7.57. The van der Waals surface area contributed by atoms with Gasteiger partial charge in [0.1, 0.15) is 5.76 Å². The summed E-state index contributed by atoms with van der Waals surface area (Å²) in [5, 5.41) is 4.24. The van der Waals surface area contributed by atoms with Crippen molar-refractivity contribution in [1.82, 2.24) is 10.1 Å². The van der Waals surface area contributed by atoms with Crippen molar-refractivity contribution in [1.29, 1.82) is 0 Å². The Morgan fingerprint density at radius 2 is 2.08 bits per heavy atom. The quantitative estimate of drug-likeness (QED) is 0.794. The number of carbonyl (C=O) groups excluding carboxylic acids is 1. The van der Waals surface area contributed by atoms with E-state index in [2.05, 4.69) is 5.16 Å². The van der Waals surface area contributed by atoms with Gasteiger partial charge in [-0.3, -0.25) is 4.79 Å². The Balaban J connectivity index is 2.27. The van der Waals surface area contributed by atoms with Crippen molar-refractivity contribution >= 4 is 17.5 Å². The number of rotatable bonds is 6. The highest BCUT2D eigenvalue weighted by molar-refractivity contribution is 6.32. The van der Waals surface area contributed by atoms with Crippen LogP contribution in [0.2, 0.25) is 5.02 Å². The van der Waals surface area contributed by atoms with Gasteiger partial charge in [0.05, 0.1) is 31.0 Å². The summed E-state index contributed by atoms with van der Waals surface area (Å²) in [6.07, 6.45) is 0. The van der Waals surface area contributed by atoms with Gasteiger partial charge < -0.3 is 18.9 Å². The van der Waals surface area contributed by atoms with Crippen molar-refractivity contribution in [2.75, 3.05) is 20.8 Å². The highest BCUT2D eigenvalue weighted by Gasteiger charge is 2.20. The third-order valence-electron chi connectivity index (χ3n) is 3.69. The van der Waals surface area contributed by atoms with Gasteiger partial charge in [-0.1, -0.05) is 16.8 Å². The largest absolute Gasteiger partial charge is 0.493 e. The number of hydrogen-bond donors (Lipinski definition) is 0. The molecular formula is C17H21ClN2O4. The first-order valence-corrected chi connectivity index (χ1v) is 7.94. The minimum atomic E-state index is -0.182. The molecule has 0 N–H and O–H groups in total. The fourth-order valence-corrected chi connectivity index (χ4v) is 2.65. The van der Waals surface area contributed by atoms with Crippen molar-refractivity contribution in [2.24, 2.45) is 0 Å². The average Bonchev–Trinajstić information content (AvgIpc) is 2.87. The number of amides is 1. The molecule has 0 radical (unpaired) electrons. The molecule has 1 heterocycles. The van der Waals surface area contributed by atoms with E-state index in [0.717, 1.165) is 11.3 Å². The molecule has 24 heavy (non-hydrogen) atoms. The highest BCUT2D eigenvalue weighted by Crippen LogP contribution is 2.36. The molecule has 2 aromatic rings. The Hall–Kier alpha value is -2.21. The van der Waals surface area contributed by atoms with Gasteiger partial charge >= 0.3 is 0 Å². The molecule has 0 atom stereocenters. The van der Waals surface area contributed by atoms with Crippen LogP contribution in [0.15, 0.2) is 16.7 Å². The van der Waals surface area contributed by atoms with Crippen LogP contribution in [0.1, 0.15) is 34.3 Å². The molecule has 7 heteroatoms. The number of methoxy groups -OCH3 is 1. The Morgan fingerprint density at radius 3 is 2.62 bits per heavy atom. The van der Waals surface area contributed by atoms with Gasteiger partial charge in [0.2, 0.25) is 0 Å². The van der Waals surface area contributed by atoms with Crippen LogP contribution in [0, 0.1) is 13.8 Å². The Labute approximate surface area is 146 Å². The summed E-state index contributed by atoms with van der Waals surface area (Å²) in [5.74, 6) is 1.39. The zero-order valence-electron chi connectivity index (χ0n) is 14.5. The summed E-state index contributed by atoms with van der Waals surface area (Å²) < 4.78 is 15.9. The number of aryl methyl sites for hydroxylation is 2. The molecular weight excluding hydrogens is 332 g/mol. The molecule has 0 saturated heterocycles. The number of nitrogens with zero attached hydrogens (tertiary/aromatic N) is 2. The fourth-order valence-electron chi connectivity index (χ4n) is 2.38. The van der Waals surface area contributed by atoms with Gasteiger partial charge in [0.15, 0.2) is 11.5 Å². The molecule has 0 aliphatic carbocycles. The van der Waals surface area contributed by atoms with Crippen LogP contribution in [0.4, 0.5) is 0 Å². The van der Waals surface area contributed by atoms with Crippen molar-refractivity contribution in [3.05, 3.63) is 39.7 Å². The summed E-state index contributed by atoms with van der Waals surface area (Å²) in [6.45, 7) is 6.38. The summed E-state index contributed by atoms with van der Waals surface area (Å²) in [6, 6.07) is 3.21. The van der Waals surface area contributed by atoms with E-state index in [9.17, 15) is 4.79 Å². The van der Waals surface area contributed by atoms with E-state index in [0.29, 0.717) is 41.0 Å². The minimum absolute atomic E-state index is 0.182. The molecule has 2 rings (SSSR count). The third kappa shape index (κ3) is 3.64. The molecule has 0 aliphatic rings. The molecule has 6 nitrogen and oxygen atoms in total. The summed E-state index contributed by atoms with van der Waals surface area (Å²) in [5.41, 5.74) is 2.10. The molecule has 0 saturated carbocycles. The van der Waals surface area contributed by atoms with Crippen molar-refractivity contribution in [3.63, 3.8) is 0 Å². The first-order chi connectivity index (χ1) is 11.4. The van der Waals surface area contributed by atoms with Gasteiger partial charge in [-0.25, -0.2) is 0 Å². The average molecular weight is 353 g/mol. The van der Waals surface area contributed by atoms with Crippen LogP contribution in [0.5, 0.6) is 11.5 Å². The van der Waals surface area contributed by atoms with Gasteiger partial charge in [-0.2, -0.15) is 0 Å². The van der Waals surface area contributed by atoms with E-state index in [1.54, 1.807) is 24.1 Å². The van der Waals surface area contributed by atoms with E-state index in [4.69, 9.17) is 25.6 Å². The molecule has 0 fully saturated rings. The molecule has 0 bridgehead atoms. The number of halogens is 1. The molecule has 0 unspecified atom stereocenters. The van der Waals surface area contributed by atoms with Crippen LogP contribution < -0.4 is 9.47 Å². The summed E-state index contributed by atoms with van der Waals surface area (Å²) in [7, 11) is 3.22.